The van der Waals surface area contributed by atoms with Crippen LogP contribution in [0.5, 0.6) is 0 Å². The first-order valence-electron chi connectivity index (χ1n) is 14.7. The van der Waals surface area contributed by atoms with Gasteiger partial charge < -0.3 is 30.9 Å². The molecule has 3 fully saturated rings. The number of rotatable bonds is 4. The molecule has 5 atom stereocenters. The zero-order valence-electron chi connectivity index (χ0n) is 24.9. The van der Waals surface area contributed by atoms with E-state index >= 15 is 0 Å². The van der Waals surface area contributed by atoms with Gasteiger partial charge in [0.15, 0.2) is 0 Å². The highest BCUT2D eigenvalue weighted by Gasteiger charge is 2.45. The number of fused-ring (bicyclic) bond motifs is 2. The van der Waals surface area contributed by atoms with Crippen LogP contribution in [-0.4, -0.2) is 106 Å². The Morgan fingerprint density at radius 2 is 1.53 bits per heavy atom. The van der Waals surface area contributed by atoms with E-state index in [9.17, 15) is 42.3 Å². The highest BCUT2D eigenvalue weighted by Crippen LogP contribution is 2.24. The third-order valence-electron chi connectivity index (χ3n) is 8.19. The Morgan fingerprint density at radius 1 is 0.933 bits per heavy atom. The van der Waals surface area contributed by atoms with Crippen LogP contribution in [0, 0.1) is 11.6 Å². The molecule has 4 N–H and O–H groups in total. The first-order valence-corrected chi connectivity index (χ1v) is 14.7. The molecule has 3 aliphatic heterocycles. The summed E-state index contributed by atoms with van der Waals surface area (Å²) in [6.07, 6.45) is 0.811. The smallest absolute Gasteiger partial charge is 0.328 e. The Labute approximate surface area is 257 Å². The SMILES string of the molecule is C[C@@H]1NC(=O)[C@H](C)N(C(N)=O)C(=O)[C@@H]2CCCN2C(=O)[C@@H](NC(=O)CCc2cc(F)cc(F)c2)COC(=O)[C@@H]2CCCN2C1=O. The highest BCUT2D eigenvalue weighted by molar-refractivity contribution is 6.03. The van der Waals surface area contributed by atoms with E-state index in [1.165, 1.54) is 18.7 Å². The maximum atomic E-state index is 13.8. The summed E-state index contributed by atoms with van der Waals surface area (Å²) in [6, 6.07) is -4.73. The molecule has 0 saturated carbocycles. The van der Waals surface area contributed by atoms with Crippen molar-refractivity contribution < 1.29 is 47.1 Å². The second kappa shape index (κ2) is 14.0. The quantitative estimate of drug-likeness (QED) is 0.377. The molecule has 0 radical (unpaired) electrons. The highest BCUT2D eigenvalue weighted by atomic mass is 19.1. The minimum atomic E-state index is -1.49. The molecule has 3 saturated heterocycles. The largest absolute Gasteiger partial charge is 0.461 e. The lowest BCUT2D eigenvalue weighted by molar-refractivity contribution is -0.157. The van der Waals surface area contributed by atoms with Gasteiger partial charge in [0.1, 0.15) is 48.5 Å². The third-order valence-corrected chi connectivity index (χ3v) is 8.19. The number of ether oxygens (including phenoxy) is 1. The maximum Gasteiger partial charge on any atom is 0.328 e. The number of imide groups is 1. The van der Waals surface area contributed by atoms with E-state index in [0.29, 0.717) is 23.8 Å². The van der Waals surface area contributed by atoms with Gasteiger partial charge in [-0.15, -0.1) is 0 Å². The van der Waals surface area contributed by atoms with Crippen molar-refractivity contribution in [1.82, 2.24) is 25.3 Å². The molecule has 0 aromatic heterocycles. The number of esters is 1. The normalized spacial score (nSPS) is 26.7. The second-order valence-corrected chi connectivity index (χ2v) is 11.4. The zero-order chi connectivity index (χ0) is 33.0. The third kappa shape index (κ3) is 7.54. The minimum absolute atomic E-state index is 0.0489. The minimum Gasteiger partial charge on any atom is -0.461 e. The van der Waals surface area contributed by atoms with E-state index < -0.39 is 90.0 Å². The number of cyclic esters (lactones) is 1. The van der Waals surface area contributed by atoms with Gasteiger partial charge in [0.2, 0.25) is 23.6 Å². The number of nitrogens with one attached hydrogen (secondary N) is 2. The summed E-state index contributed by atoms with van der Waals surface area (Å²) in [4.78, 5) is 95.1. The van der Waals surface area contributed by atoms with Crippen LogP contribution in [0.3, 0.4) is 0 Å². The zero-order valence-corrected chi connectivity index (χ0v) is 24.9. The molecule has 1 aromatic carbocycles. The number of hydrogen-bond acceptors (Lipinski definition) is 8. The molecule has 0 bridgehead atoms. The molecule has 244 valence electrons. The van der Waals surface area contributed by atoms with Crippen molar-refractivity contribution in [3.63, 3.8) is 0 Å². The topological polar surface area (TPSA) is 189 Å². The number of carbonyl (C=O) groups excluding carboxylic acids is 7. The molecule has 7 amide bonds. The molecule has 3 aliphatic rings. The Balaban J connectivity index is 1.63. The molecule has 0 aliphatic carbocycles. The molecular formula is C29H36F2N6O8. The van der Waals surface area contributed by atoms with Gasteiger partial charge in [0, 0.05) is 25.6 Å². The number of carbonyl (C=O) groups is 7. The lowest BCUT2D eigenvalue weighted by atomic mass is 10.1. The van der Waals surface area contributed by atoms with E-state index in [1.54, 1.807) is 0 Å². The number of primary amides is 1. The van der Waals surface area contributed by atoms with Gasteiger partial charge in [-0.05, 0) is 63.6 Å². The standard InChI is InChI=1S/C29H36F2N6O8/c1-15-25(40)36-10-4-6-22(36)28(43)45-14-20(34-23(38)8-7-17-11-18(30)13-19(31)12-17)26(41)35-9-3-5-21(35)27(42)37(29(32)44)16(2)24(39)33-15/h11-13,15-16,20-22H,3-10,14H2,1-2H3,(H2,32,44)(H,33,39)(H,34,38)/t15-,16-,20-,21-,22-/m0/s1. The number of hydrogen-bond donors (Lipinski definition) is 3. The molecule has 0 spiro atoms. The number of benzene rings is 1. The van der Waals surface area contributed by atoms with Crippen LogP contribution in [-0.2, 0) is 39.9 Å². The van der Waals surface area contributed by atoms with Crippen molar-refractivity contribution in [2.45, 2.75) is 82.6 Å². The van der Waals surface area contributed by atoms with Gasteiger partial charge in [-0.2, -0.15) is 0 Å². The van der Waals surface area contributed by atoms with Crippen LogP contribution in [0.25, 0.3) is 0 Å². The predicted octanol–water partition coefficient (Wildman–Crippen LogP) is -0.278. The van der Waals surface area contributed by atoms with Crippen LogP contribution in [0.2, 0.25) is 0 Å². The fourth-order valence-corrected chi connectivity index (χ4v) is 5.89. The van der Waals surface area contributed by atoms with Gasteiger partial charge in [0.05, 0.1) is 0 Å². The monoisotopic (exact) mass is 634 g/mol. The molecule has 0 unspecified atom stereocenters. The van der Waals surface area contributed by atoms with Crippen LogP contribution in [0.1, 0.15) is 51.5 Å². The van der Waals surface area contributed by atoms with E-state index in [-0.39, 0.29) is 44.3 Å². The van der Waals surface area contributed by atoms with E-state index in [4.69, 9.17) is 10.5 Å². The van der Waals surface area contributed by atoms with Crippen molar-refractivity contribution in [2.24, 2.45) is 5.73 Å². The first kappa shape index (κ1) is 33.3. The number of halogens is 2. The lowest BCUT2D eigenvalue weighted by Gasteiger charge is -2.34. The Bertz CT molecular complexity index is 1370. The number of urea groups is 1. The van der Waals surface area contributed by atoms with Crippen molar-refractivity contribution in [2.75, 3.05) is 19.7 Å². The van der Waals surface area contributed by atoms with Crippen molar-refractivity contribution >= 4 is 41.5 Å². The van der Waals surface area contributed by atoms with Crippen molar-refractivity contribution in [3.05, 3.63) is 35.4 Å². The van der Waals surface area contributed by atoms with E-state index in [0.717, 1.165) is 17.0 Å². The van der Waals surface area contributed by atoms with E-state index in [2.05, 4.69) is 10.6 Å². The summed E-state index contributed by atoms with van der Waals surface area (Å²) in [5.41, 5.74) is 5.70. The van der Waals surface area contributed by atoms with Crippen LogP contribution in [0.15, 0.2) is 18.2 Å². The molecule has 4 rings (SSSR count). The molecule has 14 nitrogen and oxygen atoms in total. The summed E-state index contributed by atoms with van der Waals surface area (Å²) >= 11 is 0. The Kier molecular flexibility index (Phi) is 10.3. The van der Waals surface area contributed by atoms with Crippen molar-refractivity contribution in [3.8, 4) is 0 Å². The summed E-state index contributed by atoms with van der Waals surface area (Å²) in [5.74, 6) is -6.36. The molecule has 16 heteroatoms. The first-order chi connectivity index (χ1) is 21.3. The van der Waals surface area contributed by atoms with Crippen LogP contribution < -0.4 is 16.4 Å². The fourth-order valence-electron chi connectivity index (χ4n) is 5.89. The van der Waals surface area contributed by atoms with Gasteiger partial charge in [0.25, 0.3) is 5.91 Å². The fraction of sp³-hybridized carbons (Fsp3) is 0.552. The second-order valence-electron chi connectivity index (χ2n) is 11.4. The number of amides is 7. The summed E-state index contributed by atoms with van der Waals surface area (Å²) < 4.78 is 32.6. The Hall–Kier alpha value is -4.63. The number of aryl methyl sites for hydroxylation is 1. The maximum absolute atomic E-state index is 13.8. The van der Waals surface area contributed by atoms with Gasteiger partial charge in [-0.3, -0.25) is 28.9 Å². The lowest BCUT2D eigenvalue weighted by Crippen LogP contribution is -2.61. The van der Waals surface area contributed by atoms with Gasteiger partial charge in [-0.25, -0.2) is 18.4 Å². The summed E-state index contributed by atoms with van der Waals surface area (Å²) in [7, 11) is 0. The predicted molar refractivity (Wildman–Crippen MR) is 151 cm³/mol. The number of nitrogens with two attached hydrogens (primary N) is 1. The van der Waals surface area contributed by atoms with E-state index in [1.807, 2.05) is 0 Å². The average Bonchev–Trinajstić information content (AvgIpc) is 3.66. The van der Waals surface area contributed by atoms with Crippen LogP contribution >= 0.6 is 0 Å². The average molecular weight is 635 g/mol. The Morgan fingerprint density at radius 3 is 2.16 bits per heavy atom. The van der Waals surface area contributed by atoms with Crippen molar-refractivity contribution in [1.29, 1.82) is 0 Å². The van der Waals surface area contributed by atoms with Gasteiger partial charge in [-0.1, -0.05) is 0 Å². The summed E-state index contributed by atoms with van der Waals surface area (Å²) in [6.45, 7) is 2.25. The molecular weight excluding hydrogens is 598 g/mol. The molecule has 3 heterocycles. The van der Waals surface area contributed by atoms with Gasteiger partial charge >= 0.3 is 12.0 Å². The molecule has 45 heavy (non-hydrogen) atoms. The number of nitrogens with zero attached hydrogens (tertiary/aromatic N) is 3. The summed E-state index contributed by atoms with van der Waals surface area (Å²) in [5, 5.41) is 4.96. The molecule has 1 aromatic rings. The van der Waals surface area contributed by atoms with Crippen LogP contribution in [0.4, 0.5) is 13.6 Å².